The molecule has 2 rings (SSSR count). The molecule has 1 aliphatic rings. The number of benzene rings is 1. The molecule has 0 spiro atoms. The van der Waals surface area contributed by atoms with Gasteiger partial charge in [0.15, 0.2) is 0 Å². The van der Waals surface area contributed by atoms with Crippen molar-refractivity contribution in [3.63, 3.8) is 0 Å². The van der Waals surface area contributed by atoms with Gasteiger partial charge in [-0.1, -0.05) is 11.6 Å². The summed E-state index contributed by atoms with van der Waals surface area (Å²) in [6.45, 7) is 4.27. The normalized spacial score (nSPS) is 17.8. The Bertz CT molecular complexity index is 582. The van der Waals surface area contributed by atoms with E-state index in [9.17, 15) is 8.42 Å². The van der Waals surface area contributed by atoms with Crippen LogP contribution in [0.15, 0.2) is 17.0 Å². The molecular weight excluding hydrogens is 300 g/mol. The molecule has 5 nitrogen and oxygen atoms in total. The Morgan fingerprint density at radius 2 is 2.05 bits per heavy atom. The number of ether oxygens (including phenoxy) is 1. The predicted molar refractivity (Wildman–Crippen MR) is 79.0 cm³/mol. The van der Waals surface area contributed by atoms with Crippen LogP contribution in [0.4, 0.5) is 0 Å². The first-order valence-corrected chi connectivity index (χ1v) is 8.33. The molecule has 0 aromatic heterocycles. The lowest BCUT2D eigenvalue weighted by Gasteiger charge is -2.21. The number of nitrogens with zero attached hydrogens (tertiary/aromatic N) is 1. The highest BCUT2D eigenvalue weighted by Crippen LogP contribution is 2.31. The van der Waals surface area contributed by atoms with Crippen LogP contribution >= 0.6 is 11.6 Å². The number of halogens is 1. The van der Waals surface area contributed by atoms with Crippen LogP contribution in [0.25, 0.3) is 0 Å². The molecule has 0 saturated carbocycles. The van der Waals surface area contributed by atoms with E-state index >= 15 is 0 Å². The van der Waals surface area contributed by atoms with Crippen molar-refractivity contribution in [3.8, 4) is 5.75 Å². The molecule has 20 heavy (non-hydrogen) atoms. The van der Waals surface area contributed by atoms with Crippen LogP contribution in [-0.4, -0.2) is 46.0 Å². The lowest BCUT2D eigenvalue weighted by molar-refractivity contribution is 0.413. The van der Waals surface area contributed by atoms with Gasteiger partial charge in [0.2, 0.25) is 10.0 Å². The average Bonchev–Trinajstić information content (AvgIpc) is 2.70. The largest absolute Gasteiger partial charge is 0.495 e. The predicted octanol–water partition coefficient (Wildman–Crippen LogP) is 1.64. The third-order valence-corrected chi connectivity index (χ3v) is 5.70. The zero-order chi connectivity index (χ0) is 14.8. The van der Waals surface area contributed by atoms with Crippen molar-refractivity contribution in [2.45, 2.75) is 18.2 Å². The standard InChI is InChI=1S/C13H19ClN2O3S/c1-10-8-12(19-2)11(14)9-13(10)20(17,18)16-6-3-4-15-5-7-16/h8-9,15H,3-7H2,1-2H3. The topological polar surface area (TPSA) is 58.6 Å². The summed E-state index contributed by atoms with van der Waals surface area (Å²) in [5.74, 6) is 0.487. The monoisotopic (exact) mass is 318 g/mol. The van der Waals surface area contributed by atoms with Gasteiger partial charge in [0.1, 0.15) is 5.75 Å². The molecule has 1 aromatic rings. The fourth-order valence-corrected chi connectivity index (χ4v) is 4.29. The zero-order valence-electron chi connectivity index (χ0n) is 11.6. The van der Waals surface area contributed by atoms with Gasteiger partial charge in [0, 0.05) is 19.6 Å². The number of aryl methyl sites for hydroxylation is 1. The third-order valence-electron chi connectivity index (χ3n) is 3.37. The summed E-state index contributed by atoms with van der Waals surface area (Å²) >= 11 is 6.06. The summed E-state index contributed by atoms with van der Waals surface area (Å²) in [5, 5.41) is 3.50. The summed E-state index contributed by atoms with van der Waals surface area (Å²) in [6.07, 6.45) is 0.808. The zero-order valence-corrected chi connectivity index (χ0v) is 13.2. The van der Waals surface area contributed by atoms with Gasteiger partial charge >= 0.3 is 0 Å². The van der Waals surface area contributed by atoms with E-state index in [1.807, 2.05) is 0 Å². The Balaban J connectivity index is 2.40. The van der Waals surface area contributed by atoms with E-state index in [0.717, 1.165) is 13.0 Å². The second-order valence-corrected chi connectivity index (χ2v) is 7.07. The summed E-state index contributed by atoms with van der Waals surface area (Å²) in [5.41, 5.74) is 0.642. The highest BCUT2D eigenvalue weighted by molar-refractivity contribution is 7.89. The van der Waals surface area contributed by atoms with Gasteiger partial charge < -0.3 is 10.1 Å². The molecule has 0 amide bonds. The van der Waals surface area contributed by atoms with Gasteiger partial charge in [-0.3, -0.25) is 0 Å². The maximum atomic E-state index is 12.7. The van der Waals surface area contributed by atoms with Crippen LogP contribution in [0, 0.1) is 6.92 Å². The smallest absolute Gasteiger partial charge is 0.243 e. The average molecular weight is 319 g/mol. The van der Waals surface area contributed by atoms with Gasteiger partial charge in [-0.2, -0.15) is 4.31 Å². The van der Waals surface area contributed by atoms with Crippen LogP contribution in [-0.2, 0) is 10.0 Å². The van der Waals surface area contributed by atoms with Crippen molar-refractivity contribution in [2.24, 2.45) is 0 Å². The van der Waals surface area contributed by atoms with Gasteiger partial charge in [0.25, 0.3) is 0 Å². The highest BCUT2D eigenvalue weighted by atomic mass is 35.5. The van der Waals surface area contributed by atoms with Gasteiger partial charge in [-0.05, 0) is 37.6 Å². The van der Waals surface area contributed by atoms with E-state index in [4.69, 9.17) is 16.3 Å². The maximum Gasteiger partial charge on any atom is 0.243 e. The molecule has 1 N–H and O–H groups in total. The minimum atomic E-state index is -3.51. The van der Waals surface area contributed by atoms with Crippen molar-refractivity contribution < 1.29 is 13.2 Å². The quantitative estimate of drug-likeness (QED) is 0.920. The van der Waals surface area contributed by atoms with E-state index in [-0.39, 0.29) is 4.90 Å². The molecule has 1 saturated heterocycles. The molecular formula is C13H19ClN2O3S. The van der Waals surface area contributed by atoms with Gasteiger partial charge in [-0.15, -0.1) is 0 Å². The first kappa shape index (κ1) is 15.6. The summed E-state index contributed by atoms with van der Waals surface area (Å²) < 4.78 is 32.0. The fraction of sp³-hybridized carbons (Fsp3) is 0.538. The summed E-state index contributed by atoms with van der Waals surface area (Å²) in [6, 6.07) is 3.13. The van der Waals surface area contributed by atoms with E-state index in [0.29, 0.717) is 36.0 Å². The molecule has 1 aliphatic heterocycles. The van der Waals surface area contributed by atoms with Gasteiger partial charge in [0.05, 0.1) is 17.0 Å². The van der Waals surface area contributed by atoms with Crippen LogP contribution in [0.2, 0.25) is 5.02 Å². The fourth-order valence-electron chi connectivity index (χ4n) is 2.27. The van der Waals surface area contributed by atoms with Crippen LogP contribution in [0.5, 0.6) is 5.75 Å². The minimum Gasteiger partial charge on any atom is -0.495 e. The van der Waals surface area contributed by atoms with Crippen LogP contribution in [0.1, 0.15) is 12.0 Å². The molecule has 0 unspecified atom stereocenters. The van der Waals surface area contributed by atoms with Gasteiger partial charge in [-0.25, -0.2) is 8.42 Å². The SMILES string of the molecule is COc1cc(C)c(S(=O)(=O)N2CCCNCC2)cc1Cl. The Labute approximate surface area is 124 Å². The molecule has 0 radical (unpaired) electrons. The van der Waals surface area contributed by atoms with Crippen molar-refractivity contribution in [2.75, 3.05) is 33.3 Å². The first-order chi connectivity index (χ1) is 9.46. The Hall–Kier alpha value is -0.820. The van der Waals surface area contributed by atoms with E-state index < -0.39 is 10.0 Å². The number of sulfonamides is 1. The molecule has 1 fully saturated rings. The second-order valence-electron chi connectivity index (χ2n) is 4.76. The molecule has 0 bridgehead atoms. The number of rotatable bonds is 3. The molecule has 1 aromatic carbocycles. The molecule has 7 heteroatoms. The summed E-state index contributed by atoms with van der Waals surface area (Å²) in [4.78, 5) is 0.255. The maximum absolute atomic E-state index is 12.7. The van der Waals surface area contributed by atoms with Crippen molar-refractivity contribution in [1.82, 2.24) is 9.62 Å². The van der Waals surface area contributed by atoms with E-state index in [1.165, 1.54) is 17.5 Å². The van der Waals surface area contributed by atoms with Crippen LogP contribution < -0.4 is 10.1 Å². The first-order valence-electron chi connectivity index (χ1n) is 6.52. The number of nitrogens with one attached hydrogen (secondary N) is 1. The third kappa shape index (κ3) is 3.09. The molecule has 0 atom stereocenters. The Morgan fingerprint density at radius 1 is 1.30 bits per heavy atom. The van der Waals surface area contributed by atoms with E-state index in [2.05, 4.69) is 5.32 Å². The minimum absolute atomic E-state index is 0.255. The molecule has 112 valence electrons. The molecule has 0 aliphatic carbocycles. The second kappa shape index (κ2) is 6.30. The number of hydrogen-bond acceptors (Lipinski definition) is 4. The van der Waals surface area contributed by atoms with E-state index in [1.54, 1.807) is 13.0 Å². The highest BCUT2D eigenvalue weighted by Gasteiger charge is 2.27. The Kier molecular flexibility index (Phi) is 4.90. The lowest BCUT2D eigenvalue weighted by Crippen LogP contribution is -2.34. The van der Waals surface area contributed by atoms with Crippen LogP contribution in [0.3, 0.4) is 0 Å². The summed E-state index contributed by atoms with van der Waals surface area (Å²) in [7, 11) is -2.00. The van der Waals surface area contributed by atoms with Crippen molar-refractivity contribution in [1.29, 1.82) is 0 Å². The number of methoxy groups -OCH3 is 1. The Morgan fingerprint density at radius 3 is 2.75 bits per heavy atom. The number of hydrogen-bond donors (Lipinski definition) is 1. The molecule has 1 heterocycles. The lowest BCUT2D eigenvalue weighted by atomic mass is 10.2. The van der Waals surface area contributed by atoms with Crippen molar-refractivity contribution >= 4 is 21.6 Å². The van der Waals surface area contributed by atoms with Crippen molar-refractivity contribution in [3.05, 3.63) is 22.7 Å².